The van der Waals surface area contributed by atoms with E-state index >= 15 is 0 Å². The molecule has 148 valence electrons. The zero-order valence-corrected chi connectivity index (χ0v) is 16.4. The quantitative estimate of drug-likeness (QED) is 0.571. The highest BCUT2D eigenvalue weighted by atomic mass is 16.5. The van der Waals surface area contributed by atoms with Gasteiger partial charge in [-0.25, -0.2) is 9.59 Å². The molecule has 0 saturated carbocycles. The number of rotatable bonds is 7. The molecule has 2 aromatic carbocycles. The molecule has 0 aliphatic rings. The fourth-order valence-electron chi connectivity index (χ4n) is 2.63. The van der Waals surface area contributed by atoms with Crippen molar-refractivity contribution in [2.45, 2.75) is 13.2 Å². The van der Waals surface area contributed by atoms with Crippen LogP contribution in [0.2, 0.25) is 0 Å². The second-order valence-electron chi connectivity index (χ2n) is 6.59. The molecule has 6 nitrogen and oxygen atoms in total. The molecule has 3 rings (SSSR count). The van der Waals surface area contributed by atoms with E-state index in [1.165, 1.54) is 0 Å². The van der Waals surface area contributed by atoms with Crippen LogP contribution in [0, 0.1) is 0 Å². The number of nitrogens with zero attached hydrogens (tertiary/aromatic N) is 2. The Kier molecular flexibility index (Phi) is 6.58. The molecule has 0 spiro atoms. The van der Waals surface area contributed by atoms with Gasteiger partial charge in [-0.1, -0.05) is 36.4 Å². The lowest BCUT2D eigenvalue weighted by Gasteiger charge is -2.16. The van der Waals surface area contributed by atoms with Gasteiger partial charge in [0.2, 0.25) is 0 Å². The summed E-state index contributed by atoms with van der Waals surface area (Å²) < 4.78 is 10.7. The Hall–Kier alpha value is -3.67. The van der Waals surface area contributed by atoms with Crippen molar-refractivity contribution in [3.8, 4) is 0 Å². The first-order valence-corrected chi connectivity index (χ1v) is 9.14. The second-order valence-corrected chi connectivity index (χ2v) is 6.59. The maximum absolute atomic E-state index is 12.2. The Morgan fingerprint density at radius 2 is 1.17 bits per heavy atom. The Balaban J connectivity index is 1.68. The van der Waals surface area contributed by atoms with Crippen molar-refractivity contribution < 1.29 is 19.1 Å². The van der Waals surface area contributed by atoms with Gasteiger partial charge in [0.25, 0.3) is 0 Å². The van der Waals surface area contributed by atoms with E-state index < -0.39 is 11.9 Å². The van der Waals surface area contributed by atoms with E-state index in [1.54, 1.807) is 48.5 Å². The largest absolute Gasteiger partial charge is 0.456 e. The smallest absolute Gasteiger partial charge is 0.338 e. The Morgan fingerprint density at radius 1 is 0.759 bits per heavy atom. The summed E-state index contributed by atoms with van der Waals surface area (Å²) in [5, 5.41) is 0. The summed E-state index contributed by atoms with van der Waals surface area (Å²) in [5.41, 5.74) is 2.98. The number of carbonyl (C=O) groups excluding carboxylic acids is 2. The number of esters is 2. The molecule has 1 heterocycles. The van der Waals surface area contributed by atoms with Gasteiger partial charge >= 0.3 is 11.9 Å². The van der Waals surface area contributed by atoms with Crippen LogP contribution in [0.1, 0.15) is 32.1 Å². The van der Waals surface area contributed by atoms with E-state index in [0.717, 1.165) is 5.69 Å². The molecule has 0 saturated heterocycles. The second kappa shape index (κ2) is 9.50. The number of aromatic nitrogens is 1. The maximum atomic E-state index is 12.2. The van der Waals surface area contributed by atoms with E-state index in [4.69, 9.17) is 9.47 Å². The average Bonchev–Trinajstić information content (AvgIpc) is 2.76. The summed E-state index contributed by atoms with van der Waals surface area (Å²) in [7, 11) is 3.80. The third-order valence-corrected chi connectivity index (χ3v) is 4.15. The molecular weight excluding hydrogens is 368 g/mol. The lowest BCUT2D eigenvalue weighted by molar-refractivity contribution is 0.0463. The van der Waals surface area contributed by atoms with Gasteiger partial charge in [0.1, 0.15) is 13.2 Å². The highest BCUT2D eigenvalue weighted by Crippen LogP contribution is 2.17. The molecule has 0 atom stereocenters. The van der Waals surface area contributed by atoms with Gasteiger partial charge in [-0.2, -0.15) is 0 Å². The van der Waals surface area contributed by atoms with Gasteiger partial charge in [0.05, 0.1) is 22.5 Å². The van der Waals surface area contributed by atoms with Crippen LogP contribution < -0.4 is 4.90 Å². The van der Waals surface area contributed by atoms with Crippen LogP contribution in [-0.4, -0.2) is 31.0 Å². The van der Waals surface area contributed by atoms with Crippen molar-refractivity contribution in [2.75, 3.05) is 19.0 Å². The number of hydrogen-bond acceptors (Lipinski definition) is 6. The third-order valence-electron chi connectivity index (χ3n) is 4.15. The molecule has 0 unspecified atom stereocenters. The van der Waals surface area contributed by atoms with Crippen molar-refractivity contribution in [1.29, 1.82) is 0 Å². The van der Waals surface area contributed by atoms with Crippen LogP contribution in [0.25, 0.3) is 0 Å². The van der Waals surface area contributed by atoms with E-state index in [0.29, 0.717) is 22.5 Å². The monoisotopic (exact) mass is 390 g/mol. The van der Waals surface area contributed by atoms with Crippen LogP contribution in [0.3, 0.4) is 0 Å². The minimum Gasteiger partial charge on any atom is -0.456 e. The summed E-state index contributed by atoms with van der Waals surface area (Å²) in [4.78, 5) is 30.7. The van der Waals surface area contributed by atoms with Gasteiger partial charge < -0.3 is 14.4 Å². The molecule has 29 heavy (non-hydrogen) atoms. The van der Waals surface area contributed by atoms with Crippen LogP contribution in [0.4, 0.5) is 5.69 Å². The Morgan fingerprint density at radius 3 is 1.55 bits per heavy atom. The number of pyridine rings is 1. The van der Waals surface area contributed by atoms with E-state index in [1.807, 2.05) is 43.3 Å². The minimum absolute atomic E-state index is 0.0229. The van der Waals surface area contributed by atoms with Crippen LogP contribution in [0.15, 0.2) is 72.8 Å². The predicted octanol–water partition coefficient (Wildman–Crippen LogP) is 3.86. The first-order chi connectivity index (χ1) is 14.0. The molecular formula is C23H22N2O4. The summed E-state index contributed by atoms with van der Waals surface area (Å²) in [6.07, 6.45) is 0. The predicted molar refractivity (Wildman–Crippen MR) is 110 cm³/mol. The van der Waals surface area contributed by atoms with E-state index in [9.17, 15) is 9.59 Å². The summed E-state index contributed by atoms with van der Waals surface area (Å²) in [5.74, 6) is -0.834. The molecule has 1 aromatic heterocycles. The van der Waals surface area contributed by atoms with Crippen molar-refractivity contribution in [1.82, 2.24) is 4.98 Å². The molecule has 0 radical (unpaired) electrons. The number of anilines is 1. The van der Waals surface area contributed by atoms with Gasteiger partial charge in [-0.05, 0) is 36.4 Å². The zero-order chi connectivity index (χ0) is 20.6. The van der Waals surface area contributed by atoms with Crippen LogP contribution in [0.5, 0.6) is 0 Å². The Bertz CT molecular complexity index is 899. The molecule has 0 amide bonds. The topological polar surface area (TPSA) is 68.7 Å². The number of carbonyl (C=O) groups is 2. The third kappa shape index (κ3) is 5.65. The molecule has 0 bridgehead atoms. The van der Waals surface area contributed by atoms with Crippen molar-refractivity contribution in [3.63, 3.8) is 0 Å². The van der Waals surface area contributed by atoms with Gasteiger partial charge in [-0.3, -0.25) is 4.98 Å². The maximum Gasteiger partial charge on any atom is 0.338 e. The summed E-state index contributed by atoms with van der Waals surface area (Å²) in [6.45, 7) is 0.0457. The van der Waals surface area contributed by atoms with Crippen LogP contribution >= 0.6 is 0 Å². The minimum atomic E-state index is -0.417. The molecule has 0 fully saturated rings. The lowest BCUT2D eigenvalue weighted by Crippen LogP contribution is -2.13. The number of benzene rings is 2. The van der Waals surface area contributed by atoms with Gasteiger partial charge in [-0.15, -0.1) is 0 Å². The first kappa shape index (κ1) is 20.1. The van der Waals surface area contributed by atoms with Crippen LogP contribution in [-0.2, 0) is 22.7 Å². The Labute approximate surface area is 169 Å². The fourth-order valence-corrected chi connectivity index (χ4v) is 2.63. The van der Waals surface area contributed by atoms with E-state index in [2.05, 4.69) is 4.98 Å². The molecule has 0 aliphatic heterocycles. The standard InChI is InChI=1S/C23H22N2O4/c1-25(2)21-13-19(15-28-22(26)17-9-5-3-6-10-17)24-20(14-21)16-29-23(27)18-11-7-4-8-12-18/h3-14H,15-16H2,1-2H3. The highest BCUT2D eigenvalue weighted by molar-refractivity contribution is 5.89. The van der Waals surface area contributed by atoms with Gasteiger partial charge in [0, 0.05) is 19.8 Å². The molecule has 6 heteroatoms. The number of hydrogen-bond donors (Lipinski definition) is 0. The summed E-state index contributed by atoms with van der Waals surface area (Å²) in [6, 6.07) is 21.2. The van der Waals surface area contributed by atoms with Crippen molar-refractivity contribution in [2.24, 2.45) is 0 Å². The zero-order valence-electron chi connectivity index (χ0n) is 16.4. The van der Waals surface area contributed by atoms with E-state index in [-0.39, 0.29) is 13.2 Å². The average molecular weight is 390 g/mol. The first-order valence-electron chi connectivity index (χ1n) is 9.14. The lowest BCUT2D eigenvalue weighted by atomic mass is 10.2. The fraction of sp³-hybridized carbons (Fsp3) is 0.174. The number of ether oxygens (including phenoxy) is 2. The molecule has 0 aliphatic carbocycles. The highest BCUT2D eigenvalue weighted by Gasteiger charge is 2.12. The van der Waals surface area contributed by atoms with Gasteiger partial charge in [0.15, 0.2) is 0 Å². The van der Waals surface area contributed by atoms with Crippen molar-refractivity contribution in [3.05, 3.63) is 95.3 Å². The summed E-state index contributed by atoms with van der Waals surface area (Å²) >= 11 is 0. The normalized spacial score (nSPS) is 10.3. The molecule has 0 N–H and O–H groups in total. The van der Waals surface area contributed by atoms with Crippen molar-refractivity contribution >= 4 is 17.6 Å². The molecule has 3 aromatic rings. The SMILES string of the molecule is CN(C)c1cc(COC(=O)c2ccccc2)nc(COC(=O)c2ccccc2)c1.